The molecule has 1 aromatic rings. The number of methoxy groups -OCH3 is 2. The summed E-state index contributed by atoms with van der Waals surface area (Å²) in [6, 6.07) is 8.25. The highest BCUT2D eigenvalue weighted by molar-refractivity contribution is 5.47. The van der Waals surface area contributed by atoms with E-state index in [1.165, 1.54) is 0 Å². The van der Waals surface area contributed by atoms with E-state index in [1.54, 1.807) is 14.2 Å². The van der Waals surface area contributed by atoms with Crippen LogP contribution in [-0.4, -0.2) is 27.3 Å². The Morgan fingerprint density at radius 2 is 1.83 bits per heavy atom. The van der Waals surface area contributed by atoms with Crippen molar-refractivity contribution in [3.8, 4) is 17.6 Å². The fourth-order valence-electron chi connectivity index (χ4n) is 2.45. The van der Waals surface area contributed by atoms with Gasteiger partial charge in [0.15, 0.2) is 11.5 Å². The second kappa shape index (κ2) is 5.28. The third-order valence-corrected chi connectivity index (χ3v) is 3.61. The van der Waals surface area contributed by atoms with Crippen molar-refractivity contribution in [2.24, 2.45) is 0 Å². The Morgan fingerprint density at radius 1 is 1.17 bits per heavy atom. The molecule has 18 heavy (non-hydrogen) atoms. The molecule has 1 N–H and O–H groups in total. The van der Waals surface area contributed by atoms with Crippen LogP contribution in [0.25, 0.3) is 0 Å². The van der Waals surface area contributed by atoms with Crippen molar-refractivity contribution in [1.82, 2.24) is 5.32 Å². The zero-order valence-electron chi connectivity index (χ0n) is 10.8. The van der Waals surface area contributed by atoms with Crippen molar-refractivity contribution in [3.05, 3.63) is 23.8 Å². The molecule has 0 spiro atoms. The van der Waals surface area contributed by atoms with Crippen LogP contribution in [0.5, 0.6) is 11.5 Å². The number of hydrogen-bond donors (Lipinski definition) is 1. The van der Waals surface area contributed by atoms with Crippen molar-refractivity contribution in [2.75, 3.05) is 27.3 Å². The minimum Gasteiger partial charge on any atom is -0.493 e. The predicted octanol–water partition coefficient (Wildman–Crippen LogP) is 1.85. The molecule has 0 unspecified atom stereocenters. The summed E-state index contributed by atoms with van der Waals surface area (Å²) >= 11 is 0. The molecular weight excluding hydrogens is 228 g/mol. The second-order valence-electron chi connectivity index (χ2n) is 4.51. The van der Waals surface area contributed by atoms with Gasteiger partial charge in [0.1, 0.15) is 0 Å². The normalized spacial score (nSPS) is 17.8. The van der Waals surface area contributed by atoms with Gasteiger partial charge in [0.25, 0.3) is 0 Å². The molecule has 1 aromatic carbocycles. The van der Waals surface area contributed by atoms with Gasteiger partial charge in [-0.3, -0.25) is 0 Å². The highest BCUT2D eigenvalue weighted by atomic mass is 16.5. The van der Waals surface area contributed by atoms with Crippen LogP contribution in [0.1, 0.15) is 18.4 Å². The Balaban J connectivity index is 2.40. The highest BCUT2D eigenvalue weighted by Gasteiger charge is 2.34. The first-order valence-corrected chi connectivity index (χ1v) is 6.10. The fraction of sp³-hybridized carbons (Fsp3) is 0.500. The molecule has 1 heterocycles. The van der Waals surface area contributed by atoms with E-state index in [2.05, 4.69) is 11.4 Å². The molecular formula is C14H18N2O2. The zero-order chi connectivity index (χ0) is 13.0. The van der Waals surface area contributed by atoms with Crippen molar-refractivity contribution in [2.45, 2.75) is 18.3 Å². The number of benzene rings is 1. The summed E-state index contributed by atoms with van der Waals surface area (Å²) in [5.74, 6) is 1.38. The molecule has 96 valence electrons. The molecule has 0 radical (unpaired) electrons. The molecule has 1 aliphatic heterocycles. The predicted molar refractivity (Wildman–Crippen MR) is 68.9 cm³/mol. The van der Waals surface area contributed by atoms with Gasteiger partial charge in [0.2, 0.25) is 0 Å². The first-order valence-electron chi connectivity index (χ1n) is 6.10. The lowest BCUT2D eigenvalue weighted by atomic mass is 9.74. The lowest BCUT2D eigenvalue weighted by Gasteiger charge is -2.32. The number of rotatable bonds is 3. The van der Waals surface area contributed by atoms with Crippen molar-refractivity contribution in [3.63, 3.8) is 0 Å². The monoisotopic (exact) mass is 246 g/mol. The lowest BCUT2D eigenvalue weighted by Crippen LogP contribution is -2.38. The van der Waals surface area contributed by atoms with Crippen molar-refractivity contribution >= 4 is 0 Å². The fourth-order valence-corrected chi connectivity index (χ4v) is 2.45. The molecule has 0 aliphatic carbocycles. The Morgan fingerprint density at radius 3 is 2.39 bits per heavy atom. The summed E-state index contributed by atoms with van der Waals surface area (Å²) in [6.45, 7) is 1.75. The van der Waals surface area contributed by atoms with E-state index in [1.807, 2.05) is 18.2 Å². The van der Waals surface area contributed by atoms with Gasteiger partial charge in [-0.15, -0.1) is 0 Å². The number of nitrogens with zero attached hydrogens (tertiary/aromatic N) is 1. The molecule has 1 saturated heterocycles. The van der Waals surface area contributed by atoms with Crippen LogP contribution in [0.4, 0.5) is 0 Å². The minimum atomic E-state index is -0.398. The van der Waals surface area contributed by atoms with E-state index in [9.17, 15) is 5.26 Å². The third kappa shape index (κ3) is 2.14. The summed E-state index contributed by atoms with van der Waals surface area (Å²) in [5.41, 5.74) is 0.620. The summed E-state index contributed by atoms with van der Waals surface area (Å²) in [7, 11) is 3.23. The summed E-state index contributed by atoms with van der Waals surface area (Å²) in [5, 5.41) is 12.8. The summed E-state index contributed by atoms with van der Waals surface area (Å²) in [6.07, 6.45) is 1.66. The van der Waals surface area contributed by atoms with Gasteiger partial charge in [-0.1, -0.05) is 6.07 Å². The number of hydrogen-bond acceptors (Lipinski definition) is 4. The molecule has 2 rings (SSSR count). The summed E-state index contributed by atoms with van der Waals surface area (Å²) < 4.78 is 10.5. The van der Waals surface area contributed by atoms with Crippen LogP contribution >= 0.6 is 0 Å². The number of piperidine rings is 1. The van der Waals surface area contributed by atoms with Gasteiger partial charge >= 0.3 is 0 Å². The minimum absolute atomic E-state index is 0.398. The summed E-state index contributed by atoms with van der Waals surface area (Å²) in [4.78, 5) is 0. The molecule has 1 aliphatic rings. The molecule has 4 nitrogen and oxygen atoms in total. The van der Waals surface area contributed by atoms with Gasteiger partial charge in [0.05, 0.1) is 25.7 Å². The van der Waals surface area contributed by atoms with E-state index in [-0.39, 0.29) is 0 Å². The molecule has 0 atom stereocenters. The second-order valence-corrected chi connectivity index (χ2v) is 4.51. The number of nitriles is 1. The van der Waals surface area contributed by atoms with Crippen LogP contribution < -0.4 is 14.8 Å². The Hall–Kier alpha value is -1.73. The maximum absolute atomic E-state index is 9.54. The van der Waals surface area contributed by atoms with E-state index in [4.69, 9.17) is 9.47 Å². The average molecular weight is 246 g/mol. The Bertz CT molecular complexity index is 459. The first-order chi connectivity index (χ1) is 8.75. The Labute approximate surface area is 108 Å². The Kier molecular flexibility index (Phi) is 3.73. The molecule has 4 heteroatoms. The largest absolute Gasteiger partial charge is 0.493 e. The van der Waals surface area contributed by atoms with E-state index in [0.29, 0.717) is 11.5 Å². The molecule has 0 bridgehead atoms. The highest BCUT2D eigenvalue weighted by Crippen LogP contribution is 2.37. The van der Waals surface area contributed by atoms with Crippen LogP contribution in [-0.2, 0) is 5.41 Å². The maximum Gasteiger partial charge on any atom is 0.161 e. The van der Waals surface area contributed by atoms with E-state index < -0.39 is 5.41 Å². The van der Waals surface area contributed by atoms with Crippen LogP contribution in [0, 0.1) is 11.3 Å². The maximum atomic E-state index is 9.54. The van der Waals surface area contributed by atoms with E-state index in [0.717, 1.165) is 31.5 Å². The van der Waals surface area contributed by atoms with Gasteiger partial charge in [-0.25, -0.2) is 0 Å². The average Bonchev–Trinajstić information content (AvgIpc) is 2.47. The van der Waals surface area contributed by atoms with Gasteiger partial charge < -0.3 is 14.8 Å². The van der Waals surface area contributed by atoms with Gasteiger partial charge in [0, 0.05) is 0 Å². The molecule has 0 saturated carbocycles. The third-order valence-electron chi connectivity index (χ3n) is 3.61. The van der Waals surface area contributed by atoms with E-state index >= 15 is 0 Å². The van der Waals surface area contributed by atoms with Crippen LogP contribution in [0.15, 0.2) is 18.2 Å². The smallest absolute Gasteiger partial charge is 0.161 e. The standard InChI is InChI=1S/C14H18N2O2/c1-17-12-4-3-11(9-13(12)18-2)14(10-15)5-7-16-8-6-14/h3-4,9,16H,5-8H2,1-2H3. The van der Waals surface area contributed by atoms with Crippen molar-refractivity contribution in [1.29, 1.82) is 5.26 Å². The van der Waals surface area contributed by atoms with Crippen molar-refractivity contribution < 1.29 is 9.47 Å². The SMILES string of the molecule is COc1ccc(C2(C#N)CCNCC2)cc1OC. The molecule has 1 fully saturated rings. The van der Waals surface area contributed by atoms with Gasteiger partial charge in [-0.05, 0) is 43.6 Å². The quantitative estimate of drug-likeness (QED) is 0.884. The molecule has 0 aromatic heterocycles. The van der Waals surface area contributed by atoms with Crippen LogP contribution in [0.2, 0.25) is 0 Å². The number of ether oxygens (including phenoxy) is 2. The molecule has 0 amide bonds. The van der Waals surface area contributed by atoms with Gasteiger partial charge in [-0.2, -0.15) is 5.26 Å². The first kappa shape index (κ1) is 12.7. The lowest BCUT2D eigenvalue weighted by molar-refractivity contribution is 0.349. The topological polar surface area (TPSA) is 54.3 Å². The number of nitrogens with one attached hydrogen (secondary N) is 1. The zero-order valence-corrected chi connectivity index (χ0v) is 10.8. The van der Waals surface area contributed by atoms with Crippen LogP contribution in [0.3, 0.4) is 0 Å².